The van der Waals surface area contributed by atoms with E-state index in [1.54, 1.807) is 24.3 Å². The molecule has 20 heavy (non-hydrogen) atoms. The zero-order chi connectivity index (χ0) is 15.2. The predicted octanol–water partition coefficient (Wildman–Crippen LogP) is 1.70. The molecule has 0 amide bonds. The minimum Gasteiger partial charge on any atom is -0.458 e. The van der Waals surface area contributed by atoms with E-state index in [1.165, 1.54) is 24.3 Å². The summed E-state index contributed by atoms with van der Waals surface area (Å²) < 4.78 is 9.73. The van der Waals surface area contributed by atoms with Crippen LogP contribution in [-0.2, 0) is 19.1 Å². The van der Waals surface area contributed by atoms with Crippen molar-refractivity contribution in [1.82, 2.24) is 0 Å². The quantitative estimate of drug-likeness (QED) is 0.416. The third-order valence-electron chi connectivity index (χ3n) is 1.97. The number of ether oxygens (including phenoxy) is 2. The summed E-state index contributed by atoms with van der Waals surface area (Å²) in [5.41, 5.74) is 0. The minimum atomic E-state index is -0.878. The van der Waals surface area contributed by atoms with Crippen molar-refractivity contribution in [2.75, 3.05) is 13.2 Å². The number of allylic oxidation sites excluding steroid dienone is 6. The maximum absolute atomic E-state index is 11.3. The number of carbonyl (C=O) groups excluding carboxylic acids is 2. The van der Waals surface area contributed by atoms with Gasteiger partial charge in [-0.05, 0) is 13.8 Å². The number of hydrogen-bond donors (Lipinski definition) is 1. The molecule has 1 atom stereocenters. The van der Waals surface area contributed by atoms with E-state index in [9.17, 15) is 9.59 Å². The van der Waals surface area contributed by atoms with Gasteiger partial charge in [-0.15, -0.1) is 0 Å². The number of rotatable bonds is 8. The first kappa shape index (κ1) is 17.9. The summed E-state index contributed by atoms with van der Waals surface area (Å²) in [6, 6.07) is 0. The molecule has 0 fully saturated rings. The van der Waals surface area contributed by atoms with Crippen LogP contribution in [0.2, 0.25) is 0 Å². The highest BCUT2D eigenvalue weighted by molar-refractivity contribution is 5.83. The van der Waals surface area contributed by atoms with Gasteiger partial charge in [-0.2, -0.15) is 0 Å². The number of aliphatic hydroxyl groups is 1. The van der Waals surface area contributed by atoms with Crippen molar-refractivity contribution in [2.45, 2.75) is 20.0 Å². The van der Waals surface area contributed by atoms with Crippen LogP contribution in [0.4, 0.5) is 0 Å². The van der Waals surface area contributed by atoms with Gasteiger partial charge in [-0.25, -0.2) is 9.59 Å². The zero-order valence-corrected chi connectivity index (χ0v) is 11.7. The van der Waals surface area contributed by atoms with Crippen molar-refractivity contribution in [1.29, 1.82) is 0 Å². The lowest BCUT2D eigenvalue weighted by atomic mass is 10.4. The van der Waals surface area contributed by atoms with Gasteiger partial charge in [0, 0.05) is 12.2 Å². The molecule has 0 bridgehead atoms. The Hall–Kier alpha value is -2.14. The Balaban J connectivity index is 4.15. The molecule has 0 saturated heterocycles. The highest BCUT2D eigenvalue weighted by Crippen LogP contribution is 1.96. The topological polar surface area (TPSA) is 72.8 Å². The largest absolute Gasteiger partial charge is 0.458 e. The average molecular weight is 280 g/mol. The molecule has 0 aliphatic rings. The van der Waals surface area contributed by atoms with Crippen molar-refractivity contribution in [3.63, 3.8) is 0 Å². The molecule has 0 spiro atoms. The highest BCUT2D eigenvalue weighted by atomic mass is 16.6. The molecule has 0 aliphatic heterocycles. The molecule has 0 heterocycles. The summed E-state index contributed by atoms with van der Waals surface area (Å²) in [4.78, 5) is 22.6. The molecule has 0 aromatic carbocycles. The first-order chi connectivity index (χ1) is 9.63. The summed E-state index contributed by atoms with van der Waals surface area (Å²) in [7, 11) is 0. The Bertz CT molecular complexity index is 404. The summed E-state index contributed by atoms with van der Waals surface area (Å²) in [6.45, 7) is 3.01. The maximum atomic E-state index is 11.3. The lowest BCUT2D eigenvalue weighted by Crippen LogP contribution is -2.27. The maximum Gasteiger partial charge on any atom is 0.331 e. The van der Waals surface area contributed by atoms with Crippen LogP contribution in [0.3, 0.4) is 0 Å². The number of aliphatic hydroxyl groups excluding tert-OH is 1. The van der Waals surface area contributed by atoms with Gasteiger partial charge in [-0.3, -0.25) is 0 Å². The fourth-order valence-corrected chi connectivity index (χ4v) is 1.04. The molecule has 5 heteroatoms. The predicted molar refractivity (Wildman–Crippen MR) is 75.8 cm³/mol. The average Bonchev–Trinajstić information content (AvgIpc) is 2.44. The zero-order valence-electron chi connectivity index (χ0n) is 11.7. The summed E-state index contributed by atoms with van der Waals surface area (Å²) in [6.07, 6.45) is 11.5. The second-order valence-electron chi connectivity index (χ2n) is 3.64. The van der Waals surface area contributed by atoms with Crippen molar-refractivity contribution in [3.8, 4) is 0 Å². The normalized spacial score (nSPS) is 13.6. The van der Waals surface area contributed by atoms with Crippen LogP contribution < -0.4 is 0 Å². The summed E-state index contributed by atoms with van der Waals surface area (Å²) in [5.74, 6) is -1.18. The number of carbonyl (C=O) groups is 2. The van der Waals surface area contributed by atoms with E-state index in [1.807, 2.05) is 13.8 Å². The smallest absolute Gasteiger partial charge is 0.331 e. The second-order valence-corrected chi connectivity index (χ2v) is 3.64. The molecule has 0 aromatic rings. The van der Waals surface area contributed by atoms with E-state index in [0.717, 1.165) is 0 Å². The molecule has 0 radical (unpaired) electrons. The minimum absolute atomic E-state index is 0.196. The Morgan fingerprint density at radius 2 is 1.55 bits per heavy atom. The van der Waals surface area contributed by atoms with Gasteiger partial charge in [0.25, 0.3) is 0 Å². The van der Waals surface area contributed by atoms with Crippen LogP contribution in [0.15, 0.2) is 48.6 Å². The molecule has 110 valence electrons. The lowest BCUT2D eigenvalue weighted by molar-refractivity contribution is -0.154. The lowest BCUT2D eigenvalue weighted by Gasteiger charge is -2.13. The Morgan fingerprint density at radius 3 is 2.05 bits per heavy atom. The van der Waals surface area contributed by atoms with Crippen molar-refractivity contribution in [2.24, 2.45) is 0 Å². The fraction of sp³-hybridized carbons (Fsp3) is 0.333. The van der Waals surface area contributed by atoms with E-state index in [2.05, 4.69) is 0 Å². The van der Waals surface area contributed by atoms with Gasteiger partial charge >= 0.3 is 11.9 Å². The van der Waals surface area contributed by atoms with Crippen LogP contribution in [0, 0.1) is 0 Å². The Labute approximate surface area is 118 Å². The monoisotopic (exact) mass is 280 g/mol. The highest BCUT2D eigenvalue weighted by Gasteiger charge is 2.13. The van der Waals surface area contributed by atoms with Gasteiger partial charge in [0.05, 0.1) is 6.61 Å². The molecule has 0 aliphatic carbocycles. The number of esters is 2. The van der Waals surface area contributed by atoms with E-state index in [0.29, 0.717) is 0 Å². The SMILES string of the molecule is C/C=C/C=C/C(=O)OCC(CO)OC(=O)/C=C/C=C/C. The summed E-state index contributed by atoms with van der Waals surface area (Å²) in [5, 5.41) is 9.04. The molecule has 0 aromatic heterocycles. The van der Waals surface area contributed by atoms with Gasteiger partial charge < -0.3 is 14.6 Å². The standard InChI is InChI=1S/C15H20O5/c1-3-5-7-9-14(17)19-12-13(11-16)20-15(18)10-8-6-4-2/h3-10,13,16H,11-12H2,1-2H3/b5-3+,6-4+,9-7+,10-8+. The fourth-order valence-electron chi connectivity index (χ4n) is 1.04. The van der Waals surface area contributed by atoms with Crippen molar-refractivity contribution >= 4 is 11.9 Å². The first-order valence-electron chi connectivity index (χ1n) is 6.21. The van der Waals surface area contributed by atoms with Gasteiger partial charge in [0.2, 0.25) is 0 Å². The van der Waals surface area contributed by atoms with Gasteiger partial charge in [-0.1, -0.05) is 36.5 Å². The molecule has 1 N–H and O–H groups in total. The van der Waals surface area contributed by atoms with Crippen molar-refractivity contribution in [3.05, 3.63) is 48.6 Å². The third-order valence-corrected chi connectivity index (χ3v) is 1.97. The first-order valence-corrected chi connectivity index (χ1v) is 6.21. The Morgan fingerprint density at radius 1 is 1.00 bits per heavy atom. The van der Waals surface area contributed by atoms with E-state index in [-0.39, 0.29) is 6.61 Å². The molecule has 1 unspecified atom stereocenters. The number of hydrogen-bond acceptors (Lipinski definition) is 5. The van der Waals surface area contributed by atoms with E-state index >= 15 is 0 Å². The van der Waals surface area contributed by atoms with Crippen LogP contribution >= 0.6 is 0 Å². The molecule has 0 rings (SSSR count). The second kappa shape index (κ2) is 11.9. The Kier molecular flexibility index (Phi) is 10.6. The molecular weight excluding hydrogens is 260 g/mol. The molecule has 5 nitrogen and oxygen atoms in total. The van der Waals surface area contributed by atoms with Crippen LogP contribution in [0.5, 0.6) is 0 Å². The van der Waals surface area contributed by atoms with Crippen LogP contribution in [-0.4, -0.2) is 36.4 Å². The molecular formula is C15H20O5. The van der Waals surface area contributed by atoms with Gasteiger partial charge in [0.15, 0.2) is 6.10 Å². The third kappa shape index (κ3) is 9.85. The summed E-state index contributed by atoms with van der Waals surface area (Å²) >= 11 is 0. The molecule has 0 saturated carbocycles. The van der Waals surface area contributed by atoms with Crippen LogP contribution in [0.25, 0.3) is 0 Å². The van der Waals surface area contributed by atoms with Crippen LogP contribution in [0.1, 0.15) is 13.8 Å². The van der Waals surface area contributed by atoms with Gasteiger partial charge in [0.1, 0.15) is 6.61 Å². The van der Waals surface area contributed by atoms with E-state index < -0.39 is 24.6 Å². The van der Waals surface area contributed by atoms with Crippen molar-refractivity contribution < 1.29 is 24.2 Å². The van der Waals surface area contributed by atoms with E-state index in [4.69, 9.17) is 14.6 Å².